The van der Waals surface area contributed by atoms with Gasteiger partial charge in [0.1, 0.15) is 5.69 Å². The Bertz CT molecular complexity index is 636. The Kier molecular flexibility index (Phi) is 4.31. The van der Waals surface area contributed by atoms with Crippen LogP contribution in [0.2, 0.25) is 0 Å². The first-order valence-corrected chi connectivity index (χ1v) is 9.29. The van der Waals surface area contributed by atoms with Gasteiger partial charge in [0.25, 0.3) is 5.91 Å². The molecule has 0 radical (unpaired) electrons. The molecular weight excluding hydrogens is 318 g/mol. The summed E-state index contributed by atoms with van der Waals surface area (Å²) in [4.78, 5) is 36.9. The van der Waals surface area contributed by atoms with Crippen molar-refractivity contribution in [3.63, 3.8) is 0 Å². The van der Waals surface area contributed by atoms with E-state index in [2.05, 4.69) is 15.3 Å². The summed E-state index contributed by atoms with van der Waals surface area (Å²) in [7, 11) is 0. The van der Waals surface area contributed by atoms with Gasteiger partial charge in [-0.3, -0.25) is 9.78 Å². The first-order valence-electron chi connectivity index (χ1n) is 9.29. The van der Waals surface area contributed by atoms with Crippen LogP contribution in [0.3, 0.4) is 0 Å². The molecule has 0 aromatic carbocycles. The van der Waals surface area contributed by atoms with Gasteiger partial charge in [-0.1, -0.05) is 0 Å². The SMILES string of the molecule is O=C(NC1CCC12CCN(C(=O)N1CCCC1)CC2)c1cnccn1. The molecule has 1 N–H and O–H groups in total. The van der Waals surface area contributed by atoms with E-state index >= 15 is 0 Å². The number of likely N-dealkylation sites (tertiary alicyclic amines) is 2. The Morgan fingerprint density at radius 1 is 1.04 bits per heavy atom. The van der Waals surface area contributed by atoms with E-state index in [0.717, 1.165) is 64.7 Å². The maximum atomic E-state index is 12.5. The van der Waals surface area contributed by atoms with Crippen molar-refractivity contribution in [1.29, 1.82) is 0 Å². The maximum Gasteiger partial charge on any atom is 0.319 e. The van der Waals surface area contributed by atoms with Crippen LogP contribution in [0.25, 0.3) is 0 Å². The zero-order chi connectivity index (χ0) is 17.3. The van der Waals surface area contributed by atoms with E-state index in [1.165, 1.54) is 12.4 Å². The summed E-state index contributed by atoms with van der Waals surface area (Å²) < 4.78 is 0. The van der Waals surface area contributed by atoms with Crippen LogP contribution in [0.1, 0.15) is 49.0 Å². The second-order valence-electron chi connectivity index (χ2n) is 7.48. The summed E-state index contributed by atoms with van der Waals surface area (Å²) in [6, 6.07) is 0.387. The average molecular weight is 343 g/mol. The van der Waals surface area contributed by atoms with Crippen molar-refractivity contribution in [3.8, 4) is 0 Å². The number of rotatable bonds is 2. The molecule has 1 spiro atoms. The maximum absolute atomic E-state index is 12.5. The largest absolute Gasteiger partial charge is 0.347 e. The van der Waals surface area contributed by atoms with E-state index in [9.17, 15) is 9.59 Å². The molecule has 2 saturated heterocycles. The number of aromatic nitrogens is 2. The van der Waals surface area contributed by atoms with Crippen LogP contribution < -0.4 is 5.32 Å². The van der Waals surface area contributed by atoms with Crippen LogP contribution in [0.15, 0.2) is 18.6 Å². The topological polar surface area (TPSA) is 78.4 Å². The molecule has 1 unspecified atom stereocenters. The van der Waals surface area contributed by atoms with Crippen LogP contribution in [0, 0.1) is 5.41 Å². The summed E-state index contributed by atoms with van der Waals surface area (Å²) in [5.41, 5.74) is 0.519. The molecule has 4 rings (SSSR count). The predicted octanol–water partition coefficient (Wildman–Crippen LogP) is 1.67. The number of nitrogens with one attached hydrogen (secondary N) is 1. The van der Waals surface area contributed by atoms with Gasteiger partial charge in [0, 0.05) is 44.6 Å². The second-order valence-corrected chi connectivity index (χ2v) is 7.48. The fraction of sp³-hybridized carbons (Fsp3) is 0.667. The van der Waals surface area contributed by atoms with Gasteiger partial charge in [0.15, 0.2) is 0 Å². The van der Waals surface area contributed by atoms with Gasteiger partial charge in [-0.15, -0.1) is 0 Å². The smallest absolute Gasteiger partial charge is 0.319 e. The highest BCUT2D eigenvalue weighted by molar-refractivity contribution is 5.92. The molecule has 2 aliphatic heterocycles. The van der Waals surface area contributed by atoms with E-state index in [1.807, 2.05) is 9.80 Å². The molecule has 1 aromatic heterocycles. The lowest BCUT2D eigenvalue weighted by atomic mass is 9.59. The lowest BCUT2D eigenvalue weighted by Crippen LogP contribution is -2.60. The fourth-order valence-electron chi connectivity index (χ4n) is 4.42. The van der Waals surface area contributed by atoms with Gasteiger partial charge in [0.05, 0.1) is 6.20 Å². The number of nitrogens with zero attached hydrogens (tertiary/aromatic N) is 4. The van der Waals surface area contributed by atoms with Crippen LogP contribution in [0.4, 0.5) is 4.79 Å². The highest BCUT2D eigenvalue weighted by Crippen LogP contribution is 2.49. The Balaban J connectivity index is 1.33. The standard InChI is InChI=1S/C18H25N5O2/c24-16(14-13-19-7-8-20-14)21-15-3-4-18(15)5-11-23(12-6-18)17(25)22-9-1-2-10-22/h7-8,13,15H,1-6,9-12H2,(H,21,24). The molecule has 0 bridgehead atoms. The third-order valence-corrected chi connectivity index (χ3v) is 6.18. The minimum atomic E-state index is -0.146. The number of urea groups is 1. The predicted molar refractivity (Wildman–Crippen MR) is 92.0 cm³/mol. The lowest BCUT2D eigenvalue weighted by molar-refractivity contribution is 0.00111. The van der Waals surface area contributed by atoms with Crippen LogP contribution >= 0.6 is 0 Å². The van der Waals surface area contributed by atoms with Gasteiger partial charge in [-0.25, -0.2) is 9.78 Å². The first kappa shape index (κ1) is 16.3. The molecule has 3 heterocycles. The molecule has 134 valence electrons. The van der Waals surface area contributed by atoms with Crippen molar-refractivity contribution in [2.24, 2.45) is 5.41 Å². The molecule has 1 aliphatic carbocycles. The number of hydrogen-bond acceptors (Lipinski definition) is 4. The van der Waals surface area contributed by atoms with E-state index in [0.29, 0.717) is 5.69 Å². The lowest BCUT2D eigenvalue weighted by Gasteiger charge is -2.54. The molecule has 1 atom stereocenters. The monoisotopic (exact) mass is 343 g/mol. The summed E-state index contributed by atoms with van der Waals surface area (Å²) in [6.07, 6.45) is 10.9. The van der Waals surface area contributed by atoms with Crippen LogP contribution in [-0.4, -0.2) is 63.9 Å². The van der Waals surface area contributed by atoms with Gasteiger partial charge in [0.2, 0.25) is 0 Å². The minimum absolute atomic E-state index is 0.146. The number of carbonyl (C=O) groups excluding carboxylic acids is 2. The van der Waals surface area contributed by atoms with E-state index < -0.39 is 0 Å². The third-order valence-electron chi connectivity index (χ3n) is 6.18. The summed E-state index contributed by atoms with van der Waals surface area (Å²) in [5, 5.41) is 3.14. The zero-order valence-corrected chi connectivity index (χ0v) is 14.5. The highest BCUT2D eigenvalue weighted by Gasteiger charge is 2.49. The van der Waals surface area contributed by atoms with Crippen molar-refractivity contribution in [2.45, 2.75) is 44.6 Å². The van der Waals surface area contributed by atoms with Gasteiger partial charge in [-0.05, 0) is 43.9 Å². The Morgan fingerprint density at radius 2 is 1.76 bits per heavy atom. The van der Waals surface area contributed by atoms with Gasteiger partial charge >= 0.3 is 6.03 Å². The summed E-state index contributed by atoms with van der Waals surface area (Å²) in [5.74, 6) is -0.146. The van der Waals surface area contributed by atoms with Crippen molar-refractivity contribution >= 4 is 11.9 Å². The molecule has 3 fully saturated rings. The molecule has 1 saturated carbocycles. The second kappa shape index (κ2) is 6.61. The number of carbonyl (C=O) groups is 2. The normalized spacial score (nSPS) is 24.9. The van der Waals surface area contributed by atoms with E-state index in [4.69, 9.17) is 0 Å². The number of amides is 3. The fourth-order valence-corrected chi connectivity index (χ4v) is 4.42. The van der Waals surface area contributed by atoms with Crippen molar-refractivity contribution in [1.82, 2.24) is 25.1 Å². The third kappa shape index (κ3) is 3.07. The van der Waals surface area contributed by atoms with E-state index in [1.54, 1.807) is 6.20 Å². The molecule has 3 amide bonds. The number of piperidine rings is 1. The minimum Gasteiger partial charge on any atom is -0.347 e. The zero-order valence-electron chi connectivity index (χ0n) is 14.5. The van der Waals surface area contributed by atoms with E-state index in [-0.39, 0.29) is 23.4 Å². The molecular formula is C18H25N5O2. The Labute approximate surface area is 147 Å². The van der Waals surface area contributed by atoms with Gasteiger partial charge in [-0.2, -0.15) is 0 Å². The highest BCUT2D eigenvalue weighted by atomic mass is 16.2. The molecule has 1 aromatic rings. The van der Waals surface area contributed by atoms with Crippen LogP contribution in [0.5, 0.6) is 0 Å². The quantitative estimate of drug-likeness (QED) is 0.886. The van der Waals surface area contributed by atoms with Crippen LogP contribution in [-0.2, 0) is 0 Å². The number of hydrogen-bond donors (Lipinski definition) is 1. The first-order chi connectivity index (χ1) is 12.2. The summed E-state index contributed by atoms with van der Waals surface area (Å²) >= 11 is 0. The van der Waals surface area contributed by atoms with Crippen molar-refractivity contribution in [2.75, 3.05) is 26.2 Å². The average Bonchev–Trinajstić information content (AvgIpc) is 3.20. The molecule has 7 nitrogen and oxygen atoms in total. The molecule has 3 aliphatic rings. The Hall–Kier alpha value is -2.18. The van der Waals surface area contributed by atoms with Gasteiger partial charge < -0.3 is 15.1 Å². The molecule has 7 heteroatoms. The molecule has 25 heavy (non-hydrogen) atoms. The Morgan fingerprint density at radius 3 is 2.36 bits per heavy atom. The van der Waals surface area contributed by atoms with Crippen molar-refractivity contribution in [3.05, 3.63) is 24.3 Å². The summed E-state index contributed by atoms with van der Waals surface area (Å²) in [6.45, 7) is 3.40. The van der Waals surface area contributed by atoms with Crippen molar-refractivity contribution < 1.29 is 9.59 Å².